The van der Waals surface area contributed by atoms with Gasteiger partial charge >= 0.3 is 0 Å². The Bertz CT molecular complexity index is 1260. The van der Waals surface area contributed by atoms with E-state index >= 15 is 0 Å². The van der Waals surface area contributed by atoms with Gasteiger partial charge in [-0.15, -0.1) is 0 Å². The first-order chi connectivity index (χ1) is 18.5. The minimum absolute atomic E-state index is 0.0705. The number of phenolic OH excluding ortho intramolecular Hbond substituents is 1. The Balaban J connectivity index is 1.22. The number of likely N-dealkylation sites (tertiary alicyclic amines) is 2. The Morgan fingerprint density at radius 2 is 2.00 bits per heavy atom. The third-order valence-corrected chi connectivity index (χ3v) is 12.2. The molecule has 38 heavy (non-hydrogen) atoms. The summed E-state index contributed by atoms with van der Waals surface area (Å²) in [5.74, 6) is 2.99. The molecule has 7 unspecified atom stereocenters. The fraction of sp³-hybridized carbons (Fsp3) is 0.606. The van der Waals surface area contributed by atoms with Gasteiger partial charge in [0.25, 0.3) is 5.91 Å². The molecule has 3 aliphatic carbocycles. The molecular formula is C33H41N3O2. The lowest BCUT2D eigenvalue weighted by Gasteiger charge is -2.65. The molecule has 8 rings (SSSR count). The highest BCUT2D eigenvalue weighted by atomic mass is 16.3. The van der Waals surface area contributed by atoms with Crippen molar-refractivity contribution in [1.29, 1.82) is 0 Å². The molecule has 1 spiro atoms. The largest absolute Gasteiger partial charge is 0.508 e. The van der Waals surface area contributed by atoms with Gasteiger partial charge in [0.15, 0.2) is 0 Å². The predicted octanol–water partition coefficient (Wildman–Crippen LogP) is 4.45. The molecule has 5 fully saturated rings. The number of piperidine rings is 2. The summed E-state index contributed by atoms with van der Waals surface area (Å²) in [6, 6.07) is 17.0. The van der Waals surface area contributed by atoms with E-state index in [0.29, 0.717) is 35.6 Å². The van der Waals surface area contributed by atoms with Crippen LogP contribution < -0.4 is 5.32 Å². The van der Waals surface area contributed by atoms with Gasteiger partial charge in [-0.2, -0.15) is 0 Å². The van der Waals surface area contributed by atoms with E-state index in [2.05, 4.69) is 34.2 Å². The first-order valence-electron chi connectivity index (χ1n) is 15.2. The molecule has 0 aromatic heterocycles. The molecule has 3 saturated heterocycles. The molecule has 2 N–H and O–H groups in total. The molecule has 2 aromatic carbocycles. The summed E-state index contributed by atoms with van der Waals surface area (Å²) < 4.78 is 0. The van der Waals surface area contributed by atoms with E-state index in [1.54, 1.807) is 0 Å². The molecule has 1 amide bonds. The Hall–Kier alpha value is -2.37. The van der Waals surface area contributed by atoms with Gasteiger partial charge in [0.05, 0.1) is 0 Å². The van der Waals surface area contributed by atoms with E-state index in [1.807, 2.05) is 36.4 Å². The van der Waals surface area contributed by atoms with Gasteiger partial charge in [0.2, 0.25) is 0 Å². The Morgan fingerprint density at radius 1 is 1.13 bits per heavy atom. The van der Waals surface area contributed by atoms with Crippen LogP contribution in [0.25, 0.3) is 0 Å². The zero-order valence-electron chi connectivity index (χ0n) is 22.6. The molecule has 2 saturated carbocycles. The molecule has 0 radical (unpaired) electrons. The van der Waals surface area contributed by atoms with Crippen molar-refractivity contribution in [3.8, 4) is 5.75 Å². The zero-order chi connectivity index (χ0) is 25.6. The third kappa shape index (κ3) is 2.93. The van der Waals surface area contributed by atoms with Gasteiger partial charge in [-0.25, -0.2) is 0 Å². The number of hydrogen-bond acceptors (Lipinski definition) is 4. The number of carbonyl (C=O) groups is 1. The van der Waals surface area contributed by atoms with Crippen LogP contribution >= 0.6 is 0 Å². The first-order valence-corrected chi connectivity index (χ1v) is 15.2. The van der Waals surface area contributed by atoms with Crippen LogP contribution in [0.15, 0.2) is 48.5 Å². The molecule has 5 heteroatoms. The summed E-state index contributed by atoms with van der Waals surface area (Å²) in [5, 5.41) is 14.4. The summed E-state index contributed by atoms with van der Waals surface area (Å²) in [7, 11) is 0. The molecule has 2 bridgehead atoms. The molecule has 8 atom stereocenters. The number of carbonyl (C=O) groups excluding carboxylic acids is 1. The van der Waals surface area contributed by atoms with Crippen molar-refractivity contribution in [2.75, 3.05) is 32.7 Å². The number of nitrogens with one attached hydrogen (secondary N) is 1. The van der Waals surface area contributed by atoms with Gasteiger partial charge in [-0.05, 0) is 123 Å². The van der Waals surface area contributed by atoms with Gasteiger partial charge in [0.1, 0.15) is 5.75 Å². The lowest BCUT2D eigenvalue weighted by atomic mass is 9.45. The van der Waals surface area contributed by atoms with Crippen LogP contribution in [0.2, 0.25) is 0 Å². The van der Waals surface area contributed by atoms with E-state index in [0.717, 1.165) is 44.0 Å². The van der Waals surface area contributed by atoms with Gasteiger partial charge in [-0.1, -0.05) is 24.3 Å². The van der Waals surface area contributed by atoms with Crippen LogP contribution in [0.4, 0.5) is 0 Å². The predicted molar refractivity (Wildman–Crippen MR) is 148 cm³/mol. The Labute approximate surface area is 226 Å². The Morgan fingerprint density at radius 3 is 2.82 bits per heavy atom. The number of benzene rings is 2. The van der Waals surface area contributed by atoms with E-state index in [1.165, 1.54) is 49.9 Å². The van der Waals surface area contributed by atoms with Gasteiger partial charge in [0, 0.05) is 42.7 Å². The van der Waals surface area contributed by atoms with Crippen LogP contribution in [0.5, 0.6) is 5.75 Å². The number of fused-ring (bicyclic) bond motifs is 1. The third-order valence-electron chi connectivity index (χ3n) is 12.2. The molecule has 5 nitrogen and oxygen atoms in total. The minimum Gasteiger partial charge on any atom is -0.508 e. The zero-order valence-corrected chi connectivity index (χ0v) is 22.6. The monoisotopic (exact) mass is 511 g/mol. The normalized spacial score (nSPS) is 41.0. The maximum Gasteiger partial charge on any atom is 0.254 e. The van der Waals surface area contributed by atoms with Gasteiger partial charge < -0.3 is 15.3 Å². The van der Waals surface area contributed by atoms with E-state index in [4.69, 9.17) is 0 Å². The average molecular weight is 512 g/mol. The highest BCUT2D eigenvalue weighted by Crippen LogP contribution is 2.77. The number of phenols is 1. The molecule has 3 aliphatic heterocycles. The summed E-state index contributed by atoms with van der Waals surface area (Å²) >= 11 is 0. The number of aromatic hydroxyl groups is 1. The first kappa shape index (κ1) is 23.5. The lowest BCUT2D eigenvalue weighted by Crippen LogP contribution is -2.69. The van der Waals surface area contributed by atoms with Gasteiger partial charge in [-0.3, -0.25) is 9.69 Å². The van der Waals surface area contributed by atoms with E-state index < -0.39 is 0 Å². The number of nitrogens with zero attached hydrogens (tertiary/aromatic N) is 2. The van der Waals surface area contributed by atoms with Crippen LogP contribution in [0.1, 0.15) is 60.5 Å². The second kappa shape index (κ2) is 8.32. The second-order valence-corrected chi connectivity index (χ2v) is 13.5. The molecule has 3 heterocycles. The second-order valence-electron chi connectivity index (χ2n) is 13.5. The highest BCUT2D eigenvalue weighted by Gasteiger charge is 2.78. The molecule has 6 aliphatic rings. The SMILES string of the molecule is CC1N(CC2CCCNC2)CC2Cc3ccc(O)cc3C23C2C4CCC13C[C@@H]2CN4C(=O)c1ccccc1. The van der Waals surface area contributed by atoms with Crippen LogP contribution in [0, 0.1) is 29.1 Å². The van der Waals surface area contributed by atoms with Crippen molar-refractivity contribution in [3.05, 3.63) is 65.2 Å². The van der Waals surface area contributed by atoms with Crippen LogP contribution in [0.3, 0.4) is 0 Å². The number of amides is 1. The molecule has 2 aromatic rings. The summed E-state index contributed by atoms with van der Waals surface area (Å²) in [6.07, 6.45) is 7.29. The van der Waals surface area contributed by atoms with Crippen molar-refractivity contribution in [2.45, 2.75) is 62.9 Å². The number of rotatable bonds is 3. The average Bonchev–Trinajstić information content (AvgIpc) is 3.51. The maximum atomic E-state index is 13.8. The fourth-order valence-corrected chi connectivity index (χ4v) is 11.1. The minimum atomic E-state index is 0.0705. The summed E-state index contributed by atoms with van der Waals surface area (Å²) in [4.78, 5) is 19.0. The maximum absolute atomic E-state index is 13.8. The topological polar surface area (TPSA) is 55.8 Å². The molecular weight excluding hydrogens is 470 g/mol. The van der Waals surface area contributed by atoms with Crippen LogP contribution in [-0.2, 0) is 11.8 Å². The summed E-state index contributed by atoms with van der Waals surface area (Å²) in [6.45, 7) is 8.13. The fourth-order valence-electron chi connectivity index (χ4n) is 11.1. The van der Waals surface area contributed by atoms with Crippen LogP contribution in [-0.4, -0.2) is 65.6 Å². The molecule has 200 valence electrons. The van der Waals surface area contributed by atoms with Crippen molar-refractivity contribution in [1.82, 2.24) is 15.1 Å². The van der Waals surface area contributed by atoms with E-state index in [9.17, 15) is 9.90 Å². The van der Waals surface area contributed by atoms with E-state index in [-0.39, 0.29) is 16.7 Å². The summed E-state index contributed by atoms with van der Waals surface area (Å²) in [5.41, 5.74) is 4.03. The van der Waals surface area contributed by atoms with Crippen molar-refractivity contribution in [2.24, 2.45) is 29.1 Å². The smallest absolute Gasteiger partial charge is 0.254 e. The van der Waals surface area contributed by atoms with Crippen molar-refractivity contribution >= 4 is 5.91 Å². The standard InChI is InChI=1S/C33H41N3O2/c1-21-32-12-11-29-30(25(16-32)19-36(29)31(38)23-7-3-2-4-8-23)33(32)26(14-24-9-10-27(37)15-28(24)33)20-35(21)18-22-6-5-13-34-17-22/h2-4,7-10,15,21-22,25-26,29-30,34,37H,5-6,11-14,16-20H2,1H3/t21?,22?,25-,26?,29?,30?,32?,33?/m1/s1. The highest BCUT2D eigenvalue weighted by molar-refractivity contribution is 5.94. The lowest BCUT2D eigenvalue weighted by molar-refractivity contribution is -0.117. The van der Waals surface area contributed by atoms with Crippen molar-refractivity contribution in [3.63, 3.8) is 0 Å². The quantitative estimate of drug-likeness (QED) is 0.640. The number of hydrogen-bond donors (Lipinski definition) is 2. The van der Waals surface area contributed by atoms with Crippen molar-refractivity contribution < 1.29 is 9.90 Å². The Kier molecular flexibility index (Phi) is 5.14.